The van der Waals surface area contributed by atoms with E-state index in [9.17, 15) is 9.59 Å². The Balaban J connectivity index is 4.34. The number of rotatable bonds is 6. The lowest BCUT2D eigenvalue weighted by molar-refractivity contribution is -0.138. The highest BCUT2D eigenvalue weighted by Gasteiger charge is 2.25. The molecule has 6 nitrogen and oxygen atoms in total. The Labute approximate surface area is 95.2 Å². The molecule has 0 fully saturated rings. The Kier molecular flexibility index (Phi) is 5.81. The van der Waals surface area contributed by atoms with Crippen LogP contribution in [0.2, 0.25) is 0 Å². The molecule has 0 atom stereocenters. The average molecular weight is 232 g/mol. The number of urea groups is 1. The quantitative estimate of drug-likeness (QED) is 0.613. The number of carboxylic acids is 1. The molecule has 0 aliphatic rings. The van der Waals surface area contributed by atoms with Crippen LogP contribution in [0.1, 0.15) is 27.2 Å². The van der Waals surface area contributed by atoms with Gasteiger partial charge in [-0.1, -0.05) is 0 Å². The van der Waals surface area contributed by atoms with Crippen molar-refractivity contribution in [1.29, 1.82) is 0 Å². The molecule has 0 unspecified atom stereocenters. The van der Waals surface area contributed by atoms with Crippen molar-refractivity contribution in [3.63, 3.8) is 0 Å². The fourth-order valence-electron chi connectivity index (χ4n) is 1.31. The zero-order chi connectivity index (χ0) is 12.8. The number of nitrogens with zero attached hydrogens (tertiary/aromatic N) is 1. The summed E-state index contributed by atoms with van der Waals surface area (Å²) in [4.78, 5) is 23.6. The summed E-state index contributed by atoms with van der Waals surface area (Å²) in [7, 11) is 0. The molecule has 0 aromatic heterocycles. The van der Waals surface area contributed by atoms with E-state index in [4.69, 9.17) is 10.2 Å². The molecule has 0 saturated carbocycles. The third-order valence-corrected chi connectivity index (χ3v) is 2.08. The molecule has 16 heavy (non-hydrogen) atoms. The molecule has 0 spiro atoms. The Morgan fingerprint density at radius 3 is 2.31 bits per heavy atom. The second-order valence-corrected chi connectivity index (χ2v) is 4.19. The van der Waals surface area contributed by atoms with Crippen LogP contribution in [-0.4, -0.2) is 52.3 Å². The lowest BCUT2D eigenvalue weighted by Gasteiger charge is -2.29. The van der Waals surface area contributed by atoms with Gasteiger partial charge in [0.2, 0.25) is 0 Å². The zero-order valence-corrected chi connectivity index (χ0v) is 9.99. The normalized spacial score (nSPS) is 11.0. The van der Waals surface area contributed by atoms with Crippen molar-refractivity contribution in [2.45, 2.75) is 32.7 Å². The van der Waals surface area contributed by atoms with Gasteiger partial charge in [0.1, 0.15) is 0 Å². The van der Waals surface area contributed by atoms with Crippen molar-refractivity contribution in [3.8, 4) is 0 Å². The maximum absolute atomic E-state index is 11.7. The number of aliphatic hydroxyl groups is 1. The second-order valence-electron chi connectivity index (χ2n) is 4.19. The molecule has 0 saturated heterocycles. The number of hydrogen-bond acceptors (Lipinski definition) is 3. The van der Waals surface area contributed by atoms with E-state index in [0.29, 0.717) is 6.54 Å². The molecule has 0 radical (unpaired) electrons. The molecule has 0 aromatic carbocycles. The maximum Gasteiger partial charge on any atom is 0.317 e. The van der Waals surface area contributed by atoms with Gasteiger partial charge in [0.15, 0.2) is 0 Å². The number of carboxylic acid groups (broad SMARTS) is 1. The number of carbonyl (C=O) groups is 2. The van der Waals surface area contributed by atoms with Gasteiger partial charge < -0.3 is 20.4 Å². The van der Waals surface area contributed by atoms with E-state index in [1.165, 1.54) is 4.90 Å². The highest BCUT2D eigenvalue weighted by Crippen LogP contribution is 2.08. The highest BCUT2D eigenvalue weighted by molar-refractivity contribution is 5.76. The van der Waals surface area contributed by atoms with Crippen LogP contribution in [0.4, 0.5) is 4.79 Å². The van der Waals surface area contributed by atoms with Gasteiger partial charge >= 0.3 is 12.0 Å². The number of nitrogens with one attached hydrogen (secondary N) is 1. The van der Waals surface area contributed by atoms with E-state index in [0.717, 1.165) is 0 Å². The van der Waals surface area contributed by atoms with E-state index in [1.807, 2.05) is 0 Å². The first-order chi connectivity index (χ1) is 7.32. The first-order valence-corrected chi connectivity index (χ1v) is 5.22. The summed E-state index contributed by atoms with van der Waals surface area (Å²) < 4.78 is 0. The summed E-state index contributed by atoms with van der Waals surface area (Å²) in [6.45, 7) is 5.68. The summed E-state index contributed by atoms with van der Waals surface area (Å²) in [5, 5.41) is 20.0. The summed E-state index contributed by atoms with van der Waals surface area (Å²) >= 11 is 0. The minimum atomic E-state index is -0.962. The largest absolute Gasteiger partial charge is 0.481 e. The molecule has 2 amide bonds. The third kappa shape index (κ3) is 5.55. The van der Waals surface area contributed by atoms with Crippen molar-refractivity contribution in [3.05, 3.63) is 0 Å². The van der Waals surface area contributed by atoms with Crippen molar-refractivity contribution in [1.82, 2.24) is 10.2 Å². The predicted octanol–water partition coefficient (Wildman–Crippen LogP) is 0.263. The van der Waals surface area contributed by atoms with Gasteiger partial charge in [-0.15, -0.1) is 0 Å². The van der Waals surface area contributed by atoms with Crippen LogP contribution in [0.5, 0.6) is 0 Å². The van der Waals surface area contributed by atoms with Gasteiger partial charge in [-0.3, -0.25) is 4.79 Å². The van der Waals surface area contributed by atoms with Gasteiger partial charge in [-0.05, 0) is 20.8 Å². The average Bonchev–Trinajstić information content (AvgIpc) is 2.10. The summed E-state index contributed by atoms with van der Waals surface area (Å²) in [6, 6.07) is -0.359. The summed E-state index contributed by atoms with van der Waals surface area (Å²) in [6.07, 6.45) is -0.143. The van der Waals surface area contributed by atoms with Crippen LogP contribution in [0.25, 0.3) is 0 Å². The number of likely N-dealkylation sites (N-methyl/N-ethyl adjacent to an activating group) is 1. The molecule has 0 heterocycles. The van der Waals surface area contributed by atoms with Gasteiger partial charge in [-0.25, -0.2) is 4.79 Å². The van der Waals surface area contributed by atoms with E-state index in [1.54, 1.807) is 20.8 Å². The Morgan fingerprint density at radius 1 is 1.38 bits per heavy atom. The standard InChI is InChI=1S/C10H20N2O4/c1-4-12(5-6-13)9(16)11-10(2,3)7-8(14)15/h13H,4-7H2,1-3H3,(H,11,16)(H,14,15). The third-order valence-electron chi connectivity index (χ3n) is 2.08. The van der Waals surface area contributed by atoms with Gasteiger partial charge in [0, 0.05) is 18.6 Å². The van der Waals surface area contributed by atoms with E-state index in [-0.39, 0.29) is 25.6 Å². The fraction of sp³-hybridized carbons (Fsp3) is 0.800. The molecular formula is C10H20N2O4. The zero-order valence-electron chi connectivity index (χ0n) is 9.99. The molecule has 6 heteroatoms. The molecule has 0 rings (SSSR count). The molecule has 0 bridgehead atoms. The number of aliphatic hydroxyl groups excluding tert-OH is 1. The van der Waals surface area contributed by atoms with Crippen molar-refractivity contribution < 1.29 is 19.8 Å². The lowest BCUT2D eigenvalue weighted by Crippen LogP contribution is -2.51. The minimum Gasteiger partial charge on any atom is -0.481 e. The van der Waals surface area contributed by atoms with Crippen LogP contribution in [0.3, 0.4) is 0 Å². The van der Waals surface area contributed by atoms with Crippen LogP contribution >= 0.6 is 0 Å². The summed E-state index contributed by atoms with van der Waals surface area (Å²) in [5.41, 5.74) is -0.800. The van der Waals surface area contributed by atoms with Crippen LogP contribution < -0.4 is 5.32 Å². The van der Waals surface area contributed by atoms with Crippen LogP contribution in [0, 0.1) is 0 Å². The highest BCUT2D eigenvalue weighted by atomic mass is 16.4. The molecule has 3 N–H and O–H groups in total. The monoisotopic (exact) mass is 232 g/mol. The smallest absolute Gasteiger partial charge is 0.317 e. The minimum absolute atomic E-state index is 0.110. The predicted molar refractivity (Wildman–Crippen MR) is 59.2 cm³/mol. The second kappa shape index (κ2) is 6.32. The van der Waals surface area contributed by atoms with E-state index < -0.39 is 11.5 Å². The molecule has 0 aromatic rings. The fourth-order valence-corrected chi connectivity index (χ4v) is 1.31. The van der Waals surface area contributed by atoms with E-state index in [2.05, 4.69) is 5.32 Å². The first-order valence-electron chi connectivity index (χ1n) is 5.22. The van der Waals surface area contributed by atoms with Crippen molar-refractivity contribution in [2.24, 2.45) is 0 Å². The van der Waals surface area contributed by atoms with Crippen molar-refractivity contribution >= 4 is 12.0 Å². The van der Waals surface area contributed by atoms with Gasteiger partial charge in [0.05, 0.1) is 13.0 Å². The topological polar surface area (TPSA) is 89.9 Å². The Morgan fingerprint density at radius 2 is 1.94 bits per heavy atom. The van der Waals surface area contributed by atoms with Crippen molar-refractivity contribution in [2.75, 3.05) is 19.7 Å². The van der Waals surface area contributed by atoms with Gasteiger partial charge in [-0.2, -0.15) is 0 Å². The molecule has 0 aliphatic heterocycles. The number of aliphatic carboxylic acids is 1. The lowest BCUT2D eigenvalue weighted by atomic mass is 10.0. The molecular weight excluding hydrogens is 212 g/mol. The first kappa shape index (κ1) is 14.7. The van der Waals surface area contributed by atoms with Crippen LogP contribution in [0.15, 0.2) is 0 Å². The Bertz CT molecular complexity index is 253. The number of carbonyl (C=O) groups excluding carboxylic acids is 1. The summed E-state index contributed by atoms with van der Waals surface area (Å²) in [5.74, 6) is -0.962. The molecule has 94 valence electrons. The molecule has 0 aliphatic carbocycles. The number of amides is 2. The maximum atomic E-state index is 11.7. The van der Waals surface area contributed by atoms with Gasteiger partial charge in [0.25, 0.3) is 0 Å². The number of hydrogen-bond donors (Lipinski definition) is 3. The van der Waals surface area contributed by atoms with E-state index >= 15 is 0 Å². The Hall–Kier alpha value is -1.30. The SMILES string of the molecule is CCN(CCO)C(=O)NC(C)(C)CC(=O)O. The van der Waals surface area contributed by atoms with Crippen LogP contribution in [-0.2, 0) is 4.79 Å².